The second-order valence-corrected chi connectivity index (χ2v) is 4.26. The zero-order valence-corrected chi connectivity index (χ0v) is 11.2. The molecule has 1 N–H and O–H groups in total. The van der Waals surface area contributed by atoms with E-state index in [1.807, 2.05) is 24.3 Å². The van der Waals surface area contributed by atoms with Crippen molar-refractivity contribution in [3.05, 3.63) is 64.2 Å². The number of nitriles is 1. The van der Waals surface area contributed by atoms with E-state index >= 15 is 0 Å². The number of nitro groups is 1. The summed E-state index contributed by atoms with van der Waals surface area (Å²) in [7, 11) is 0. The van der Waals surface area contributed by atoms with Crippen LogP contribution in [0.2, 0.25) is 0 Å². The van der Waals surface area contributed by atoms with E-state index in [9.17, 15) is 10.1 Å². The molecule has 0 saturated carbocycles. The molecule has 0 aliphatic carbocycles. The van der Waals surface area contributed by atoms with Crippen LogP contribution < -0.4 is 10.1 Å². The number of rotatable bonds is 6. The van der Waals surface area contributed by atoms with E-state index in [-0.39, 0.29) is 12.3 Å². The Labute approximate surface area is 121 Å². The van der Waals surface area contributed by atoms with Crippen molar-refractivity contribution in [3.8, 4) is 11.8 Å². The SMILES string of the molecule is N#CCOc1cccc(CNc2cccc([N+](=O)[O-])c2)c1. The molecule has 0 atom stereocenters. The first-order valence-corrected chi connectivity index (χ1v) is 6.26. The lowest BCUT2D eigenvalue weighted by molar-refractivity contribution is -0.384. The number of ether oxygens (including phenoxy) is 1. The Kier molecular flexibility index (Phi) is 4.72. The van der Waals surface area contributed by atoms with E-state index in [1.165, 1.54) is 12.1 Å². The molecule has 0 aliphatic rings. The number of hydrogen-bond acceptors (Lipinski definition) is 5. The molecule has 0 unspecified atom stereocenters. The van der Waals surface area contributed by atoms with Crippen molar-refractivity contribution in [2.24, 2.45) is 0 Å². The van der Waals surface area contributed by atoms with Crippen LogP contribution in [0.15, 0.2) is 48.5 Å². The highest BCUT2D eigenvalue weighted by Gasteiger charge is 2.05. The van der Waals surface area contributed by atoms with Gasteiger partial charge in [0.1, 0.15) is 11.8 Å². The summed E-state index contributed by atoms with van der Waals surface area (Å²) < 4.78 is 5.22. The molecule has 21 heavy (non-hydrogen) atoms. The maximum atomic E-state index is 10.7. The molecule has 0 heterocycles. The Bertz CT molecular complexity index is 680. The predicted octanol–water partition coefficient (Wildman–Crippen LogP) is 3.11. The summed E-state index contributed by atoms with van der Waals surface area (Å²) in [5, 5.41) is 22.3. The average molecular weight is 283 g/mol. The van der Waals surface area contributed by atoms with Gasteiger partial charge in [-0.3, -0.25) is 10.1 Å². The van der Waals surface area contributed by atoms with Crippen molar-refractivity contribution in [1.82, 2.24) is 0 Å². The van der Waals surface area contributed by atoms with E-state index < -0.39 is 4.92 Å². The van der Waals surface area contributed by atoms with Gasteiger partial charge in [-0.25, -0.2) is 0 Å². The summed E-state index contributed by atoms with van der Waals surface area (Å²) >= 11 is 0. The lowest BCUT2D eigenvalue weighted by atomic mass is 10.2. The number of anilines is 1. The van der Waals surface area contributed by atoms with Gasteiger partial charge in [0, 0.05) is 24.4 Å². The van der Waals surface area contributed by atoms with Gasteiger partial charge in [-0.1, -0.05) is 18.2 Å². The molecule has 0 amide bonds. The highest BCUT2D eigenvalue weighted by molar-refractivity contribution is 5.51. The fraction of sp³-hybridized carbons (Fsp3) is 0.133. The third-order valence-electron chi connectivity index (χ3n) is 2.76. The third-order valence-corrected chi connectivity index (χ3v) is 2.76. The monoisotopic (exact) mass is 283 g/mol. The van der Waals surface area contributed by atoms with Crippen LogP contribution in [0, 0.1) is 21.4 Å². The molecule has 106 valence electrons. The summed E-state index contributed by atoms with van der Waals surface area (Å²) in [6.07, 6.45) is 0. The zero-order valence-electron chi connectivity index (χ0n) is 11.2. The first-order chi connectivity index (χ1) is 10.2. The molecule has 0 bridgehead atoms. The molecular formula is C15H13N3O3. The smallest absolute Gasteiger partial charge is 0.271 e. The van der Waals surface area contributed by atoms with Crippen molar-refractivity contribution >= 4 is 11.4 Å². The van der Waals surface area contributed by atoms with Crippen LogP contribution in [-0.4, -0.2) is 11.5 Å². The number of nitro benzene ring substituents is 1. The fourth-order valence-corrected chi connectivity index (χ4v) is 1.79. The zero-order chi connectivity index (χ0) is 15.1. The molecule has 2 rings (SSSR count). The Morgan fingerprint density at radius 3 is 2.81 bits per heavy atom. The van der Waals surface area contributed by atoms with Gasteiger partial charge in [0.2, 0.25) is 0 Å². The normalized spacial score (nSPS) is 9.67. The Hall–Kier alpha value is -3.07. The highest BCUT2D eigenvalue weighted by atomic mass is 16.6. The number of hydrogen-bond donors (Lipinski definition) is 1. The quantitative estimate of drug-likeness (QED) is 0.650. The fourth-order valence-electron chi connectivity index (χ4n) is 1.79. The Morgan fingerprint density at radius 1 is 1.24 bits per heavy atom. The van der Waals surface area contributed by atoms with Gasteiger partial charge in [0.25, 0.3) is 5.69 Å². The molecular weight excluding hydrogens is 270 g/mol. The van der Waals surface area contributed by atoms with Crippen LogP contribution in [0.5, 0.6) is 5.75 Å². The van der Waals surface area contributed by atoms with Crippen molar-refractivity contribution in [3.63, 3.8) is 0 Å². The summed E-state index contributed by atoms with van der Waals surface area (Å²) in [5.41, 5.74) is 1.68. The van der Waals surface area contributed by atoms with Gasteiger partial charge in [-0.05, 0) is 23.8 Å². The minimum Gasteiger partial charge on any atom is -0.479 e. The number of benzene rings is 2. The van der Waals surface area contributed by atoms with Crippen LogP contribution in [0.4, 0.5) is 11.4 Å². The molecule has 0 spiro atoms. The molecule has 0 aliphatic heterocycles. The maximum Gasteiger partial charge on any atom is 0.271 e. The molecule has 6 nitrogen and oxygen atoms in total. The van der Waals surface area contributed by atoms with Crippen LogP contribution in [-0.2, 0) is 6.54 Å². The second kappa shape index (κ2) is 6.91. The minimum atomic E-state index is -0.429. The van der Waals surface area contributed by atoms with Crippen molar-refractivity contribution in [2.45, 2.75) is 6.54 Å². The number of nitrogens with zero attached hydrogens (tertiary/aromatic N) is 2. The van der Waals surface area contributed by atoms with E-state index in [1.54, 1.807) is 18.2 Å². The van der Waals surface area contributed by atoms with E-state index in [0.717, 1.165) is 5.56 Å². The van der Waals surface area contributed by atoms with Gasteiger partial charge in [0.15, 0.2) is 6.61 Å². The lowest BCUT2D eigenvalue weighted by Crippen LogP contribution is -2.01. The van der Waals surface area contributed by atoms with Crippen LogP contribution >= 0.6 is 0 Å². The van der Waals surface area contributed by atoms with E-state index in [4.69, 9.17) is 10.00 Å². The van der Waals surface area contributed by atoms with Crippen LogP contribution in [0.1, 0.15) is 5.56 Å². The van der Waals surface area contributed by atoms with Gasteiger partial charge in [0.05, 0.1) is 4.92 Å². The average Bonchev–Trinajstić information content (AvgIpc) is 2.51. The summed E-state index contributed by atoms with van der Waals surface area (Å²) in [4.78, 5) is 10.3. The first-order valence-electron chi connectivity index (χ1n) is 6.26. The van der Waals surface area contributed by atoms with Gasteiger partial charge < -0.3 is 10.1 Å². The highest BCUT2D eigenvalue weighted by Crippen LogP contribution is 2.19. The van der Waals surface area contributed by atoms with Gasteiger partial charge in [-0.2, -0.15) is 5.26 Å². The number of non-ortho nitro benzene ring substituents is 1. The van der Waals surface area contributed by atoms with Crippen molar-refractivity contribution in [2.75, 3.05) is 11.9 Å². The van der Waals surface area contributed by atoms with Gasteiger partial charge >= 0.3 is 0 Å². The lowest BCUT2D eigenvalue weighted by Gasteiger charge is -2.08. The minimum absolute atomic E-state index is 0.00175. The third kappa shape index (κ3) is 4.21. The molecule has 2 aromatic rings. The molecule has 0 aromatic heterocycles. The molecule has 0 fully saturated rings. The molecule has 0 saturated heterocycles. The Balaban J connectivity index is 2.01. The van der Waals surface area contributed by atoms with E-state index in [0.29, 0.717) is 18.0 Å². The van der Waals surface area contributed by atoms with Crippen LogP contribution in [0.3, 0.4) is 0 Å². The maximum absolute atomic E-state index is 10.7. The molecule has 6 heteroatoms. The van der Waals surface area contributed by atoms with Crippen LogP contribution in [0.25, 0.3) is 0 Å². The number of nitrogens with one attached hydrogen (secondary N) is 1. The summed E-state index contributed by atoms with van der Waals surface area (Å²) in [6.45, 7) is 0.507. The van der Waals surface area contributed by atoms with E-state index in [2.05, 4.69) is 5.32 Å². The topological polar surface area (TPSA) is 88.2 Å². The molecule has 2 aromatic carbocycles. The Morgan fingerprint density at radius 2 is 2.05 bits per heavy atom. The summed E-state index contributed by atoms with van der Waals surface area (Å²) in [6, 6.07) is 15.6. The standard InChI is InChI=1S/C15H13N3O3/c16-7-8-21-15-6-1-3-12(9-15)11-17-13-4-2-5-14(10-13)18(19)20/h1-6,9-10,17H,8,11H2. The second-order valence-electron chi connectivity index (χ2n) is 4.26. The van der Waals surface area contributed by atoms with Crippen molar-refractivity contribution < 1.29 is 9.66 Å². The van der Waals surface area contributed by atoms with Gasteiger partial charge in [-0.15, -0.1) is 0 Å². The molecule has 0 radical (unpaired) electrons. The van der Waals surface area contributed by atoms with Crippen molar-refractivity contribution in [1.29, 1.82) is 5.26 Å². The largest absolute Gasteiger partial charge is 0.479 e. The summed E-state index contributed by atoms with van der Waals surface area (Å²) in [5.74, 6) is 0.620. The predicted molar refractivity (Wildman–Crippen MR) is 78.0 cm³/mol. The first kappa shape index (κ1) is 14.3.